The summed E-state index contributed by atoms with van der Waals surface area (Å²) in [6.45, 7) is 0. The number of halogens is 1. The van der Waals surface area contributed by atoms with Crippen LogP contribution in [0.2, 0.25) is 0 Å². The van der Waals surface area contributed by atoms with Crippen molar-refractivity contribution in [2.45, 2.75) is 11.8 Å². The molecule has 0 saturated heterocycles. The van der Waals surface area contributed by atoms with Crippen molar-refractivity contribution in [3.63, 3.8) is 0 Å². The average molecular weight is 560 g/mol. The number of benzene rings is 7. The van der Waals surface area contributed by atoms with Crippen LogP contribution in [-0.2, 0) is 0 Å². The van der Waals surface area contributed by atoms with Gasteiger partial charge in [-0.25, -0.2) is 0 Å². The minimum atomic E-state index is 0.215. The summed E-state index contributed by atoms with van der Waals surface area (Å²) in [5, 5.41) is 7.93. The van der Waals surface area contributed by atoms with Gasteiger partial charge in [0.25, 0.3) is 0 Å². The van der Waals surface area contributed by atoms with Gasteiger partial charge in [-0.15, -0.1) is 0 Å². The highest BCUT2D eigenvalue weighted by Gasteiger charge is 2.43. The molecule has 0 heterocycles. The van der Waals surface area contributed by atoms with E-state index < -0.39 is 0 Å². The molecule has 3 aliphatic rings. The highest BCUT2D eigenvalue weighted by Crippen LogP contribution is 2.59. The lowest BCUT2D eigenvalue weighted by atomic mass is 9.60. The summed E-state index contributed by atoms with van der Waals surface area (Å²) >= 11 is 4.02. The highest BCUT2D eigenvalue weighted by molar-refractivity contribution is 9.10. The fourth-order valence-corrected chi connectivity index (χ4v) is 8.23. The van der Waals surface area contributed by atoms with E-state index in [-0.39, 0.29) is 11.8 Å². The predicted octanol–water partition coefficient (Wildman–Crippen LogP) is 10.6. The Kier molecular flexibility index (Phi) is 4.40. The molecule has 0 aliphatic heterocycles. The van der Waals surface area contributed by atoms with E-state index in [1.165, 1.54) is 81.3 Å². The number of hydrogen-bond acceptors (Lipinski definition) is 0. The smallest absolute Gasteiger partial charge is 0.0360 e. The molecule has 0 saturated carbocycles. The maximum absolute atomic E-state index is 4.02. The molecule has 0 spiro atoms. The first kappa shape index (κ1) is 21.7. The van der Waals surface area contributed by atoms with E-state index >= 15 is 0 Å². The van der Waals surface area contributed by atoms with E-state index in [0.29, 0.717) is 0 Å². The van der Waals surface area contributed by atoms with Gasteiger partial charge in [-0.05, 0) is 82.9 Å². The van der Waals surface area contributed by atoms with Crippen LogP contribution in [0.1, 0.15) is 45.2 Å². The van der Waals surface area contributed by atoms with Crippen molar-refractivity contribution in [2.24, 2.45) is 0 Å². The lowest BCUT2D eigenvalue weighted by Gasteiger charge is -2.43. The Hall–Kier alpha value is -4.20. The highest BCUT2D eigenvalue weighted by atomic mass is 79.9. The van der Waals surface area contributed by atoms with Crippen molar-refractivity contribution in [3.05, 3.63) is 165 Å². The predicted molar refractivity (Wildman–Crippen MR) is 167 cm³/mol. The van der Waals surface area contributed by atoms with Crippen LogP contribution in [-0.4, -0.2) is 0 Å². The summed E-state index contributed by atoms with van der Waals surface area (Å²) in [5.74, 6) is 0.450. The average Bonchev–Trinajstić information content (AvgIpc) is 3.01. The first-order valence-electron chi connectivity index (χ1n) is 13.6. The van der Waals surface area contributed by atoms with E-state index in [1.807, 2.05) is 0 Å². The van der Waals surface area contributed by atoms with Gasteiger partial charge in [-0.3, -0.25) is 0 Å². The molecule has 39 heavy (non-hydrogen) atoms. The SMILES string of the molecule is Brc1ccc(-c2cccc3c4ccccc4c4ccccc4c23)c2c1C1c3ccccc3C2c2ccccc21. The monoisotopic (exact) mass is 558 g/mol. The van der Waals surface area contributed by atoms with Crippen molar-refractivity contribution in [1.29, 1.82) is 0 Å². The van der Waals surface area contributed by atoms with E-state index in [4.69, 9.17) is 0 Å². The fourth-order valence-electron chi connectivity index (χ4n) is 7.66. The molecule has 0 amide bonds. The summed E-state index contributed by atoms with van der Waals surface area (Å²) in [6.07, 6.45) is 0. The minimum absolute atomic E-state index is 0.215. The molecule has 10 rings (SSSR count). The summed E-state index contributed by atoms with van der Waals surface area (Å²) in [4.78, 5) is 0. The third-order valence-corrected chi connectivity index (χ3v) is 9.80. The lowest BCUT2D eigenvalue weighted by molar-refractivity contribution is 0.752. The third kappa shape index (κ3) is 2.78. The van der Waals surface area contributed by atoms with E-state index in [1.54, 1.807) is 0 Å². The molecule has 7 aromatic rings. The largest absolute Gasteiger partial charge is 0.0619 e. The Balaban J connectivity index is 1.45. The fraction of sp³-hybridized carbons (Fsp3) is 0.0526. The second-order valence-corrected chi connectivity index (χ2v) is 11.7. The zero-order chi connectivity index (χ0) is 25.7. The van der Waals surface area contributed by atoms with Crippen molar-refractivity contribution >= 4 is 48.2 Å². The van der Waals surface area contributed by atoms with Crippen LogP contribution in [0.4, 0.5) is 0 Å². The normalized spacial score (nSPS) is 16.8. The van der Waals surface area contributed by atoms with Crippen molar-refractivity contribution in [3.8, 4) is 11.1 Å². The standard InChI is InChI=1S/C38H23Br/c39-33-21-20-32(37-35-28-14-5-7-16-30(28)36(38(33)37)31-17-8-6-15-29(31)35)27-19-9-18-26-24-11-2-1-10-22(24)23-12-3-4-13-25(23)34(26)27/h1-21,35-36H. The van der Waals surface area contributed by atoms with E-state index in [0.717, 1.165) is 0 Å². The first-order chi connectivity index (χ1) is 19.3. The second-order valence-electron chi connectivity index (χ2n) is 10.9. The van der Waals surface area contributed by atoms with Crippen molar-refractivity contribution in [2.75, 3.05) is 0 Å². The molecule has 0 atom stereocenters. The molecule has 7 aromatic carbocycles. The molecule has 1 heteroatoms. The zero-order valence-corrected chi connectivity index (χ0v) is 22.7. The Bertz CT molecular complexity index is 2060. The van der Waals surface area contributed by atoms with Crippen LogP contribution < -0.4 is 0 Å². The van der Waals surface area contributed by atoms with E-state index in [2.05, 4.69) is 143 Å². The Morgan fingerprint density at radius 2 is 0.795 bits per heavy atom. The first-order valence-corrected chi connectivity index (χ1v) is 14.4. The van der Waals surface area contributed by atoms with Crippen LogP contribution in [0.3, 0.4) is 0 Å². The van der Waals surface area contributed by atoms with Gasteiger partial charge in [-0.2, -0.15) is 0 Å². The molecular weight excluding hydrogens is 536 g/mol. The van der Waals surface area contributed by atoms with Crippen LogP contribution in [0.15, 0.2) is 132 Å². The minimum Gasteiger partial charge on any atom is -0.0619 e. The van der Waals surface area contributed by atoms with Gasteiger partial charge in [0.15, 0.2) is 0 Å². The van der Waals surface area contributed by atoms with Crippen LogP contribution >= 0.6 is 15.9 Å². The Morgan fingerprint density at radius 3 is 1.36 bits per heavy atom. The van der Waals surface area contributed by atoms with Crippen LogP contribution in [0.25, 0.3) is 43.4 Å². The molecule has 2 bridgehead atoms. The topological polar surface area (TPSA) is 0 Å². The quantitative estimate of drug-likeness (QED) is 0.176. The zero-order valence-electron chi connectivity index (χ0n) is 21.2. The Labute approximate surface area is 235 Å². The maximum atomic E-state index is 4.02. The van der Waals surface area contributed by atoms with Crippen LogP contribution in [0, 0.1) is 0 Å². The Morgan fingerprint density at radius 1 is 0.359 bits per heavy atom. The molecule has 0 aromatic heterocycles. The molecule has 0 N–H and O–H groups in total. The van der Waals surface area contributed by atoms with Crippen molar-refractivity contribution in [1.82, 2.24) is 0 Å². The van der Waals surface area contributed by atoms with Gasteiger partial charge in [-0.1, -0.05) is 137 Å². The van der Waals surface area contributed by atoms with Gasteiger partial charge in [0.2, 0.25) is 0 Å². The van der Waals surface area contributed by atoms with Gasteiger partial charge in [0.05, 0.1) is 0 Å². The molecular formula is C38H23Br. The maximum Gasteiger partial charge on any atom is 0.0360 e. The number of hydrogen-bond donors (Lipinski definition) is 0. The lowest BCUT2D eigenvalue weighted by Crippen LogP contribution is -2.28. The molecule has 182 valence electrons. The summed E-state index contributed by atoms with van der Waals surface area (Å²) in [6, 6.07) is 47.5. The molecule has 0 unspecified atom stereocenters. The molecule has 0 radical (unpaired) electrons. The van der Waals surface area contributed by atoms with Crippen molar-refractivity contribution < 1.29 is 0 Å². The second kappa shape index (κ2) is 7.91. The van der Waals surface area contributed by atoms with Gasteiger partial charge in [0, 0.05) is 16.3 Å². The van der Waals surface area contributed by atoms with Crippen LogP contribution in [0.5, 0.6) is 0 Å². The molecule has 0 nitrogen and oxygen atoms in total. The van der Waals surface area contributed by atoms with Gasteiger partial charge in [0.1, 0.15) is 0 Å². The molecule has 0 fully saturated rings. The molecule has 3 aliphatic carbocycles. The van der Waals surface area contributed by atoms with E-state index in [9.17, 15) is 0 Å². The van der Waals surface area contributed by atoms with Gasteiger partial charge < -0.3 is 0 Å². The summed E-state index contributed by atoms with van der Waals surface area (Å²) < 4.78 is 1.20. The van der Waals surface area contributed by atoms with Gasteiger partial charge >= 0.3 is 0 Å². The number of rotatable bonds is 1. The number of fused-ring (bicyclic) bond motifs is 6. The summed E-state index contributed by atoms with van der Waals surface area (Å²) in [5.41, 5.74) is 11.3. The summed E-state index contributed by atoms with van der Waals surface area (Å²) in [7, 11) is 0. The third-order valence-electron chi connectivity index (χ3n) is 9.11.